The minimum absolute atomic E-state index is 0.0343. The first-order valence-corrected chi connectivity index (χ1v) is 6.09. The first-order chi connectivity index (χ1) is 7.77. The molecule has 0 saturated heterocycles. The fourth-order valence-electron chi connectivity index (χ4n) is 1.31. The van der Waals surface area contributed by atoms with Crippen LogP contribution in [-0.4, -0.2) is 43.4 Å². The second kappa shape index (κ2) is 7.80. The van der Waals surface area contributed by atoms with Gasteiger partial charge in [-0.05, 0) is 13.3 Å². The molecule has 0 rings (SSSR count). The van der Waals surface area contributed by atoms with Crippen molar-refractivity contribution in [2.45, 2.75) is 52.7 Å². The Hall–Kier alpha value is -0.450. The highest BCUT2D eigenvalue weighted by Crippen LogP contribution is 2.18. The third kappa shape index (κ3) is 8.30. The number of aliphatic hydroxyl groups is 1. The molecule has 0 aliphatic rings. The molecule has 0 heterocycles. The molecule has 17 heavy (non-hydrogen) atoms. The topological polar surface area (TPSA) is 55.8 Å². The maximum Gasteiger partial charge on any atom is 0.138 e. The Morgan fingerprint density at radius 2 is 1.88 bits per heavy atom. The maximum atomic E-state index is 11.6. The monoisotopic (exact) mass is 246 g/mol. The zero-order chi connectivity index (χ0) is 13.5. The van der Waals surface area contributed by atoms with Crippen LogP contribution in [0.2, 0.25) is 0 Å². The summed E-state index contributed by atoms with van der Waals surface area (Å²) in [5.41, 5.74) is -0.329. The van der Waals surface area contributed by atoms with Crippen molar-refractivity contribution >= 4 is 5.78 Å². The van der Waals surface area contributed by atoms with Gasteiger partial charge in [0.2, 0.25) is 0 Å². The van der Waals surface area contributed by atoms with E-state index in [4.69, 9.17) is 9.47 Å². The second-order valence-electron chi connectivity index (χ2n) is 5.46. The van der Waals surface area contributed by atoms with Gasteiger partial charge in [-0.15, -0.1) is 0 Å². The number of hydrogen-bond donors (Lipinski definition) is 1. The molecular weight excluding hydrogens is 220 g/mol. The zero-order valence-corrected chi connectivity index (χ0v) is 11.7. The molecule has 0 aliphatic heterocycles. The number of ketones is 1. The van der Waals surface area contributed by atoms with Gasteiger partial charge < -0.3 is 14.6 Å². The Balaban J connectivity index is 3.73. The predicted octanol–water partition coefficient (Wildman–Crippen LogP) is 1.79. The first kappa shape index (κ1) is 16.6. The highest BCUT2D eigenvalue weighted by atomic mass is 16.5. The first-order valence-electron chi connectivity index (χ1n) is 6.09. The van der Waals surface area contributed by atoms with Crippen molar-refractivity contribution in [2.75, 3.05) is 20.3 Å². The van der Waals surface area contributed by atoms with Crippen molar-refractivity contribution in [3.8, 4) is 0 Å². The molecule has 0 saturated carbocycles. The van der Waals surface area contributed by atoms with Gasteiger partial charge >= 0.3 is 0 Å². The van der Waals surface area contributed by atoms with Crippen molar-refractivity contribution in [1.82, 2.24) is 0 Å². The zero-order valence-electron chi connectivity index (χ0n) is 11.7. The molecule has 0 aromatic rings. The average molecular weight is 246 g/mol. The molecule has 0 aromatic heterocycles. The molecule has 2 atom stereocenters. The quantitative estimate of drug-likeness (QED) is 0.709. The lowest BCUT2D eigenvalue weighted by atomic mass is 9.88. The normalized spacial score (nSPS) is 15.6. The summed E-state index contributed by atoms with van der Waals surface area (Å²) in [7, 11) is 1.61. The van der Waals surface area contributed by atoms with E-state index in [0.717, 1.165) is 0 Å². The Kier molecular flexibility index (Phi) is 7.59. The highest BCUT2D eigenvalue weighted by Gasteiger charge is 2.21. The van der Waals surface area contributed by atoms with Gasteiger partial charge in [0.1, 0.15) is 5.78 Å². The largest absolute Gasteiger partial charge is 0.391 e. The number of rotatable bonds is 8. The van der Waals surface area contributed by atoms with Crippen molar-refractivity contribution in [2.24, 2.45) is 5.41 Å². The number of carbonyl (C=O) groups is 1. The fourth-order valence-corrected chi connectivity index (χ4v) is 1.31. The van der Waals surface area contributed by atoms with Crippen molar-refractivity contribution in [3.05, 3.63) is 0 Å². The van der Waals surface area contributed by atoms with Gasteiger partial charge in [0, 0.05) is 18.9 Å². The SMILES string of the molecule is COCC(C)OCC(O)CCC(=O)C(C)(C)C. The van der Waals surface area contributed by atoms with Gasteiger partial charge in [0.15, 0.2) is 0 Å². The number of Topliss-reactive ketones (excluding diaryl/α,β-unsaturated/α-hetero) is 1. The van der Waals surface area contributed by atoms with Gasteiger partial charge in [-0.2, -0.15) is 0 Å². The van der Waals surface area contributed by atoms with Crippen LogP contribution in [0.15, 0.2) is 0 Å². The van der Waals surface area contributed by atoms with E-state index in [9.17, 15) is 9.90 Å². The third-order valence-electron chi connectivity index (χ3n) is 2.52. The van der Waals surface area contributed by atoms with Gasteiger partial charge in [-0.1, -0.05) is 20.8 Å². The standard InChI is InChI=1S/C13H26O4/c1-10(8-16-5)17-9-11(14)6-7-12(15)13(2,3)4/h10-11,14H,6-9H2,1-5H3. The lowest BCUT2D eigenvalue weighted by Gasteiger charge is -2.19. The smallest absolute Gasteiger partial charge is 0.138 e. The molecule has 4 heteroatoms. The van der Waals surface area contributed by atoms with Crippen LogP contribution in [0.5, 0.6) is 0 Å². The minimum atomic E-state index is -0.583. The molecule has 102 valence electrons. The molecule has 0 spiro atoms. The van der Waals surface area contributed by atoms with Crippen LogP contribution in [0.3, 0.4) is 0 Å². The van der Waals surface area contributed by atoms with Gasteiger partial charge in [-0.25, -0.2) is 0 Å². The van der Waals surface area contributed by atoms with Crippen LogP contribution in [0, 0.1) is 5.41 Å². The van der Waals surface area contributed by atoms with E-state index in [1.165, 1.54) is 0 Å². The molecular formula is C13H26O4. The van der Waals surface area contributed by atoms with E-state index in [1.54, 1.807) is 7.11 Å². The predicted molar refractivity (Wildman–Crippen MR) is 67.0 cm³/mol. The summed E-state index contributed by atoms with van der Waals surface area (Å²) in [6.45, 7) is 8.31. The molecule has 0 aromatic carbocycles. The Morgan fingerprint density at radius 1 is 1.29 bits per heavy atom. The van der Waals surface area contributed by atoms with E-state index in [1.807, 2.05) is 27.7 Å². The van der Waals surface area contributed by atoms with E-state index >= 15 is 0 Å². The molecule has 1 N–H and O–H groups in total. The Labute approximate surface area is 104 Å². The Bertz CT molecular complexity index is 220. The molecule has 0 amide bonds. The average Bonchev–Trinajstić information content (AvgIpc) is 2.22. The molecule has 2 unspecified atom stereocenters. The second-order valence-corrected chi connectivity index (χ2v) is 5.46. The lowest BCUT2D eigenvalue weighted by molar-refractivity contribution is -0.127. The number of carbonyl (C=O) groups excluding carboxylic acids is 1. The van der Waals surface area contributed by atoms with Crippen LogP contribution in [0.4, 0.5) is 0 Å². The summed E-state index contributed by atoms with van der Waals surface area (Å²) in [6.07, 6.45) is 0.233. The van der Waals surface area contributed by atoms with Crippen LogP contribution < -0.4 is 0 Å². The fraction of sp³-hybridized carbons (Fsp3) is 0.923. The van der Waals surface area contributed by atoms with Crippen LogP contribution in [-0.2, 0) is 14.3 Å². The van der Waals surface area contributed by atoms with E-state index in [0.29, 0.717) is 19.4 Å². The molecule has 0 radical (unpaired) electrons. The highest BCUT2D eigenvalue weighted by molar-refractivity contribution is 5.83. The Morgan fingerprint density at radius 3 is 2.35 bits per heavy atom. The lowest BCUT2D eigenvalue weighted by Crippen LogP contribution is -2.25. The van der Waals surface area contributed by atoms with Crippen LogP contribution in [0.25, 0.3) is 0 Å². The summed E-state index contributed by atoms with van der Waals surface area (Å²) in [5, 5.41) is 9.66. The maximum absolute atomic E-state index is 11.6. The summed E-state index contributed by atoms with van der Waals surface area (Å²) in [4.78, 5) is 11.6. The summed E-state index contributed by atoms with van der Waals surface area (Å²) < 4.78 is 10.3. The molecule has 0 aliphatic carbocycles. The van der Waals surface area contributed by atoms with Crippen LogP contribution >= 0.6 is 0 Å². The van der Waals surface area contributed by atoms with Crippen molar-refractivity contribution in [3.63, 3.8) is 0 Å². The van der Waals surface area contributed by atoms with Gasteiger partial charge in [-0.3, -0.25) is 4.79 Å². The minimum Gasteiger partial charge on any atom is -0.391 e. The van der Waals surface area contributed by atoms with E-state index in [-0.39, 0.29) is 23.9 Å². The van der Waals surface area contributed by atoms with E-state index in [2.05, 4.69) is 0 Å². The summed E-state index contributed by atoms with van der Waals surface area (Å²) >= 11 is 0. The number of hydrogen-bond acceptors (Lipinski definition) is 4. The number of aliphatic hydroxyl groups excluding tert-OH is 1. The van der Waals surface area contributed by atoms with Gasteiger partial charge in [0.25, 0.3) is 0 Å². The van der Waals surface area contributed by atoms with Crippen molar-refractivity contribution < 1.29 is 19.4 Å². The van der Waals surface area contributed by atoms with E-state index < -0.39 is 6.10 Å². The molecule has 4 nitrogen and oxygen atoms in total. The third-order valence-corrected chi connectivity index (χ3v) is 2.52. The summed E-state index contributed by atoms with van der Waals surface area (Å²) in [5.74, 6) is 0.168. The van der Waals surface area contributed by atoms with Gasteiger partial charge in [0.05, 0.1) is 25.4 Å². The van der Waals surface area contributed by atoms with Crippen molar-refractivity contribution in [1.29, 1.82) is 0 Å². The number of ether oxygens (including phenoxy) is 2. The summed E-state index contributed by atoms with van der Waals surface area (Å²) in [6, 6.07) is 0. The van der Waals surface area contributed by atoms with Crippen LogP contribution in [0.1, 0.15) is 40.5 Å². The number of methoxy groups -OCH3 is 1. The molecule has 0 bridgehead atoms. The molecule has 0 fully saturated rings.